The molecule has 0 saturated carbocycles. The lowest BCUT2D eigenvalue weighted by atomic mass is 10.1. The number of hydrogen-bond acceptors (Lipinski definition) is 3. The molecular weight excluding hydrogens is 324 g/mol. The van der Waals surface area contributed by atoms with E-state index in [9.17, 15) is 13.2 Å². The van der Waals surface area contributed by atoms with E-state index in [1.54, 1.807) is 29.2 Å². The second-order valence-electron chi connectivity index (χ2n) is 6.07. The molecule has 24 heavy (non-hydrogen) atoms. The highest BCUT2D eigenvalue weighted by molar-refractivity contribution is 7.89. The van der Waals surface area contributed by atoms with Gasteiger partial charge in [-0.1, -0.05) is 35.9 Å². The van der Waals surface area contributed by atoms with Crippen LogP contribution < -0.4 is 9.62 Å². The van der Waals surface area contributed by atoms with Crippen LogP contribution in [-0.2, 0) is 14.8 Å². The number of para-hydroxylation sites is 1. The monoisotopic (exact) mass is 344 g/mol. The summed E-state index contributed by atoms with van der Waals surface area (Å²) in [5, 5.41) is 0. The Bertz CT molecular complexity index is 817. The smallest absolute Gasteiger partial charge is 0.240 e. The third kappa shape index (κ3) is 3.66. The van der Waals surface area contributed by atoms with E-state index in [1.165, 1.54) is 0 Å². The van der Waals surface area contributed by atoms with Crippen molar-refractivity contribution in [2.45, 2.75) is 18.2 Å². The fraction of sp³-hybridized carbons (Fsp3) is 0.278. The van der Waals surface area contributed by atoms with Gasteiger partial charge in [-0.05, 0) is 37.1 Å². The summed E-state index contributed by atoms with van der Waals surface area (Å²) in [7, 11) is -3.54. The molecule has 1 saturated heterocycles. The maximum absolute atomic E-state index is 12.3. The number of rotatable bonds is 5. The Morgan fingerprint density at radius 2 is 1.75 bits per heavy atom. The van der Waals surface area contributed by atoms with Crippen molar-refractivity contribution < 1.29 is 13.2 Å². The standard InChI is InChI=1S/C18H20N2O3S/c1-14-7-9-17(10-8-14)24(22,23)19-12-15-11-18(21)20(13-15)16-5-3-2-4-6-16/h2-10,15,19H,11-13H2,1H3/t15-/m1/s1. The van der Waals surface area contributed by atoms with Gasteiger partial charge in [-0.15, -0.1) is 0 Å². The Balaban J connectivity index is 1.63. The predicted octanol–water partition coefficient (Wildman–Crippen LogP) is 2.33. The zero-order valence-corrected chi connectivity index (χ0v) is 14.3. The minimum Gasteiger partial charge on any atom is -0.312 e. The average Bonchev–Trinajstić information content (AvgIpc) is 2.95. The molecule has 0 aliphatic carbocycles. The van der Waals surface area contributed by atoms with Crippen LogP contribution in [0.4, 0.5) is 5.69 Å². The molecule has 1 aliphatic heterocycles. The molecule has 1 fully saturated rings. The number of amides is 1. The van der Waals surface area contributed by atoms with Crippen molar-refractivity contribution in [2.75, 3.05) is 18.0 Å². The second-order valence-corrected chi connectivity index (χ2v) is 7.84. The summed E-state index contributed by atoms with van der Waals surface area (Å²) in [5.74, 6) is -0.00124. The third-order valence-electron chi connectivity index (χ3n) is 4.17. The fourth-order valence-corrected chi connectivity index (χ4v) is 3.92. The first-order chi connectivity index (χ1) is 11.5. The topological polar surface area (TPSA) is 66.5 Å². The van der Waals surface area contributed by atoms with Gasteiger partial charge in [-0.25, -0.2) is 13.1 Å². The fourth-order valence-electron chi connectivity index (χ4n) is 2.80. The Kier molecular flexibility index (Phi) is 4.69. The number of hydrogen-bond donors (Lipinski definition) is 1. The van der Waals surface area contributed by atoms with E-state index in [1.807, 2.05) is 37.3 Å². The molecule has 1 heterocycles. The van der Waals surface area contributed by atoms with E-state index in [0.717, 1.165) is 11.3 Å². The van der Waals surface area contributed by atoms with Crippen LogP contribution in [-0.4, -0.2) is 27.4 Å². The van der Waals surface area contributed by atoms with Gasteiger partial charge < -0.3 is 4.90 Å². The van der Waals surface area contributed by atoms with Gasteiger partial charge >= 0.3 is 0 Å². The van der Waals surface area contributed by atoms with Gasteiger partial charge in [-0.3, -0.25) is 4.79 Å². The van der Waals surface area contributed by atoms with Crippen molar-refractivity contribution in [2.24, 2.45) is 5.92 Å². The third-order valence-corrected chi connectivity index (χ3v) is 5.61. The number of carbonyl (C=O) groups excluding carboxylic acids is 1. The summed E-state index contributed by atoms with van der Waals surface area (Å²) >= 11 is 0. The summed E-state index contributed by atoms with van der Waals surface area (Å²) in [4.78, 5) is 14.1. The first kappa shape index (κ1) is 16.7. The molecule has 0 aromatic heterocycles. The van der Waals surface area contributed by atoms with Crippen molar-refractivity contribution in [3.8, 4) is 0 Å². The Morgan fingerprint density at radius 3 is 2.42 bits per heavy atom. The average molecular weight is 344 g/mol. The largest absolute Gasteiger partial charge is 0.312 e. The molecule has 2 aromatic rings. The molecule has 0 radical (unpaired) electrons. The zero-order chi connectivity index (χ0) is 17.2. The first-order valence-corrected chi connectivity index (χ1v) is 9.36. The zero-order valence-electron chi connectivity index (χ0n) is 13.5. The molecule has 5 nitrogen and oxygen atoms in total. The number of nitrogens with zero attached hydrogens (tertiary/aromatic N) is 1. The lowest BCUT2D eigenvalue weighted by Gasteiger charge is -2.17. The predicted molar refractivity (Wildman–Crippen MR) is 93.3 cm³/mol. The number of carbonyl (C=O) groups is 1. The summed E-state index contributed by atoms with van der Waals surface area (Å²) in [5.41, 5.74) is 1.86. The molecule has 1 aliphatic rings. The van der Waals surface area contributed by atoms with Crippen molar-refractivity contribution in [3.05, 3.63) is 60.2 Å². The summed E-state index contributed by atoms with van der Waals surface area (Å²) in [6, 6.07) is 16.2. The highest BCUT2D eigenvalue weighted by Gasteiger charge is 2.31. The summed E-state index contributed by atoms with van der Waals surface area (Å²) < 4.78 is 27.3. The Hall–Kier alpha value is -2.18. The van der Waals surface area contributed by atoms with Gasteiger partial charge in [0, 0.05) is 25.2 Å². The van der Waals surface area contributed by atoms with Gasteiger partial charge in [0.1, 0.15) is 0 Å². The Labute approximate surface area is 142 Å². The summed E-state index contributed by atoms with van der Waals surface area (Å²) in [6.07, 6.45) is 0.352. The number of aryl methyl sites for hydroxylation is 1. The van der Waals surface area contributed by atoms with E-state index in [4.69, 9.17) is 0 Å². The number of nitrogens with one attached hydrogen (secondary N) is 1. The number of sulfonamides is 1. The highest BCUT2D eigenvalue weighted by Crippen LogP contribution is 2.24. The maximum atomic E-state index is 12.3. The minimum absolute atomic E-state index is 0.0285. The van der Waals surface area contributed by atoms with Crippen molar-refractivity contribution >= 4 is 21.6 Å². The molecule has 1 N–H and O–H groups in total. The molecule has 126 valence electrons. The van der Waals surface area contributed by atoms with Crippen LogP contribution in [0.5, 0.6) is 0 Å². The van der Waals surface area contributed by atoms with Gasteiger partial charge in [0.25, 0.3) is 0 Å². The SMILES string of the molecule is Cc1ccc(S(=O)(=O)NC[C@H]2CC(=O)N(c3ccccc3)C2)cc1. The van der Waals surface area contributed by atoms with Crippen LogP contribution in [0.1, 0.15) is 12.0 Å². The first-order valence-electron chi connectivity index (χ1n) is 7.87. The van der Waals surface area contributed by atoms with Crippen LogP contribution in [0.15, 0.2) is 59.5 Å². The van der Waals surface area contributed by atoms with Gasteiger partial charge in [0.15, 0.2) is 0 Å². The van der Waals surface area contributed by atoms with Crippen LogP contribution in [0, 0.1) is 12.8 Å². The Morgan fingerprint density at radius 1 is 1.08 bits per heavy atom. The molecule has 0 unspecified atom stereocenters. The minimum atomic E-state index is -3.54. The lowest BCUT2D eigenvalue weighted by molar-refractivity contribution is -0.117. The van der Waals surface area contributed by atoms with E-state index < -0.39 is 10.0 Å². The molecule has 2 aromatic carbocycles. The van der Waals surface area contributed by atoms with Crippen molar-refractivity contribution in [1.82, 2.24) is 4.72 Å². The number of anilines is 1. The van der Waals surface area contributed by atoms with Crippen molar-refractivity contribution in [3.63, 3.8) is 0 Å². The lowest BCUT2D eigenvalue weighted by Crippen LogP contribution is -2.31. The quantitative estimate of drug-likeness (QED) is 0.905. The van der Waals surface area contributed by atoms with Gasteiger partial charge in [-0.2, -0.15) is 0 Å². The van der Waals surface area contributed by atoms with Crippen LogP contribution in [0.3, 0.4) is 0 Å². The second kappa shape index (κ2) is 6.75. The molecule has 1 amide bonds. The normalized spacial score (nSPS) is 18.1. The van der Waals surface area contributed by atoms with E-state index >= 15 is 0 Å². The van der Waals surface area contributed by atoms with Crippen LogP contribution in [0.2, 0.25) is 0 Å². The maximum Gasteiger partial charge on any atom is 0.240 e. The van der Waals surface area contributed by atoms with Crippen LogP contribution in [0.25, 0.3) is 0 Å². The van der Waals surface area contributed by atoms with Gasteiger partial charge in [0.2, 0.25) is 15.9 Å². The van der Waals surface area contributed by atoms with E-state index in [0.29, 0.717) is 13.0 Å². The van der Waals surface area contributed by atoms with Crippen LogP contribution >= 0.6 is 0 Å². The molecule has 0 bridgehead atoms. The molecule has 6 heteroatoms. The molecular formula is C18H20N2O3S. The van der Waals surface area contributed by atoms with E-state index in [-0.39, 0.29) is 23.3 Å². The molecule has 0 spiro atoms. The van der Waals surface area contributed by atoms with E-state index in [2.05, 4.69) is 4.72 Å². The summed E-state index contributed by atoms with van der Waals surface area (Å²) in [6.45, 7) is 2.69. The number of benzene rings is 2. The highest BCUT2D eigenvalue weighted by atomic mass is 32.2. The molecule has 1 atom stereocenters. The van der Waals surface area contributed by atoms with Crippen molar-refractivity contribution in [1.29, 1.82) is 0 Å². The van der Waals surface area contributed by atoms with Gasteiger partial charge in [0.05, 0.1) is 4.90 Å². The molecule has 3 rings (SSSR count).